The molecule has 0 aliphatic rings. The maximum atomic E-state index is 11.1. The SMILES string of the molecule is N#Cc1ccc([C@H](O)[C@@H]([Se]c2ccccc2)c2ccc(C#N)cc2)cc1. The second kappa shape index (κ2) is 8.47. The van der Waals surface area contributed by atoms with Crippen LogP contribution in [0.1, 0.15) is 33.2 Å². The zero-order valence-electron chi connectivity index (χ0n) is 13.9. The molecule has 0 aliphatic heterocycles. The molecule has 3 rings (SSSR count). The summed E-state index contributed by atoms with van der Waals surface area (Å²) in [4.78, 5) is -0.0921. The van der Waals surface area contributed by atoms with Crippen LogP contribution in [-0.4, -0.2) is 20.1 Å². The minimum atomic E-state index is -0.684. The number of aliphatic hydroxyl groups excluding tert-OH is 1. The monoisotopic (exact) mass is 404 g/mol. The third kappa shape index (κ3) is 4.20. The first-order chi connectivity index (χ1) is 12.7. The Labute approximate surface area is 159 Å². The zero-order chi connectivity index (χ0) is 18.4. The van der Waals surface area contributed by atoms with Crippen LogP contribution in [0.3, 0.4) is 0 Å². The van der Waals surface area contributed by atoms with Crippen LogP contribution >= 0.6 is 0 Å². The van der Waals surface area contributed by atoms with E-state index in [0.29, 0.717) is 11.1 Å². The average molecular weight is 403 g/mol. The van der Waals surface area contributed by atoms with E-state index in [9.17, 15) is 5.11 Å². The number of aliphatic hydroxyl groups is 1. The number of rotatable bonds is 5. The Morgan fingerprint density at radius 3 is 1.69 bits per heavy atom. The Morgan fingerprint density at radius 2 is 1.19 bits per heavy atom. The van der Waals surface area contributed by atoms with Crippen LogP contribution in [-0.2, 0) is 0 Å². The summed E-state index contributed by atoms with van der Waals surface area (Å²) in [6.07, 6.45) is -0.684. The number of hydrogen-bond donors (Lipinski definition) is 1. The summed E-state index contributed by atoms with van der Waals surface area (Å²) in [5, 5.41) is 29.0. The Kier molecular flexibility index (Phi) is 5.84. The summed E-state index contributed by atoms with van der Waals surface area (Å²) in [5.41, 5.74) is 2.97. The van der Waals surface area contributed by atoms with Crippen LogP contribution in [0.2, 0.25) is 0 Å². The molecule has 0 fully saturated rings. The molecule has 0 saturated heterocycles. The summed E-state index contributed by atoms with van der Waals surface area (Å²) in [6, 6.07) is 28.8. The quantitative estimate of drug-likeness (QED) is 0.665. The van der Waals surface area contributed by atoms with E-state index < -0.39 is 6.10 Å². The molecular weight excluding hydrogens is 387 g/mol. The maximum absolute atomic E-state index is 11.1. The summed E-state index contributed by atoms with van der Waals surface area (Å²) < 4.78 is 1.20. The van der Waals surface area contributed by atoms with Crippen molar-refractivity contribution in [1.82, 2.24) is 0 Å². The van der Waals surface area contributed by atoms with E-state index in [1.54, 1.807) is 36.4 Å². The fraction of sp³-hybridized carbons (Fsp3) is 0.0909. The van der Waals surface area contributed by atoms with E-state index in [2.05, 4.69) is 24.3 Å². The fourth-order valence-corrected chi connectivity index (χ4v) is 5.13. The van der Waals surface area contributed by atoms with Crippen LogP contribution in [0.15, 0.2) is 78.9 Å². The number of benzene rings is 3. The number of nitriles is 2. The van der Waals surface area contributed by atoms with Gasteiger partial charge in [-0.2, -0.15) is 0 Å². The van der Waals surface area contributed by atoms with E-state index in [1.165, 1.54) is 4.46 Å². The molecule has 3 nitrogen and oxygen atoms in total. The van der Waals surface area contributed by atoms with Crippen LogP contribution < -0.4 is 4.46 Å². The van der Waals surface area contributed by atoms with Gasteiger partial charge in [-0.1, -0.05) is 0 Å². The first kappa shape index (κ1) is 17.9. The van der Waals surface area contributed by atoms with Crippen LogP contribution in [0.4, 0.5) is 0 Å². The van der Waals surface area contributed by atoms with E-state index in [-0.39, 0.29) is 19.8 Å². The minimum absolute atomic E-state index is 0.00271. The van der Waals surface area contributed by atoms with Gasteiger partial charge in [-0.25, -0.2) is 0 Å². The molecule has 0 radical (unpaired) electrons. The first-order valence-electron chi connectivity index (χ1n) is 8.11. The molecule has 0 unspecified atom stereocenters. The molecule has 0 aromatic heterocycles. The Hall–Kier alpha value is -2.88. The molecule has 0 spiro atoms. The second-order valence-corrected chi connectivity index (χ2v) is 8.31. The summed E-state index contributed by atoms with van der Waals surface area (Å²) in [7, 11) is 0. The normalized spacial score (nSPS) is 12.6. The Balaban J connectivity index is 1.95. The predicted molar refractivity (Wildman–Crippen MR) is 102 cm³/mol. The van der Waals surface area contributed by atoms with Crippen molar-refractivity contribution in [3.63, 3.8) is 0 Å². The van der Waals surface area contributed by atoms with Crippen molar-refractivity contribution in [1.29, 1.82) is 10.5 Å². The molecule has 126 valence electrons. The van der Waals surface area contributed by atoms with Gasteiger partial charge in [0.15, 0.2) is 0 Å². The molecule has 1 N–H and O–H groups in total. The summed E-state index contributed by atoms with van der Waals surface area (Å²) in [6.45, 7) is 0. The Morgan fingerprint density at radius 1 is 0.692 bits per heavy atom. The molecule has 3 aromatic carbocycles. The molecule has 0 amide bonds. The van der Waals surface area contributed by atoms with E-state index in [1.807, 2.05) is 30.3 Å². The predicted octanol–water partition coefficient (Wildman–Crippen LogP) is 3.23. The van der Waals surface area contributed by atoms with Gasteiger partial charge in [0.2, 0.25) is 0 Å². The zero-order valence-corrected chi connectivity index (χ0v) is 15.6. The van der Waals surface area contributed by atoms with E-state index >= 15 is 0 Å². The van der Waals surface area contributed by atoms with Gasteiger partial charge in [-0.15, -0.1) is 0 Å². The van der Waals surface area contributed by atoms with Crippen molar-refractivity contribution >= 4 is 19.4 Å². The van der Waals surface area contributed by atoms with Gasteiger partial charge >= 0.3 is 159 Å². The average Bonchev–Trinajstić information content (AvgIpc) is 2.72. The molecule has 26 heavy (non-hydrogen) atoms. The molecule has 4 heteroatoms. The van der Waals surface area contributed by atoms with Gasteiger partial charge in [-0.05, 0) is 0 Å². The van der Waals surface area contributed by atoms with E-state index in [0.717, 1.165) is 11.1 Å². The first-order valence-corrected chi connectivity index (χ1v) is 9.95. The summed E-state index contributed by atoms with van der Waals surface area (Å²) in [5.74, 6) is 0. The van der Waals surface area contributed by atoms with Gasteiger partial charge in [-0.3, -0.25) is 0 Å². The van der Waals surface area contributed by atoms with Crippen molar-refractivity contribution in [2.75, 3.05) is 0 Å². The van der Waals surface area contributed by atoms with Crippen molar-refractivity contribution in [3.8, 4) is 12.1 Å². The van der Waals surface area contributed by atoms with Crippen molar-refractivity contribution in [2.45, 2.75) is 10.9 Å². The van der Waals surface area contributed by atoms with Gasteiger partial charge < -0.3 is 0 Å². The Bertz CT molecular complexity index is 939. The molecular formula is C22H16N2OSe. The van der Waals surface area contributed by atoms with Crippen LogP contribution in [0.25, 0.3) is 0 Å². The molecule has 2 atom stereocenters. The van der Waals surface area contributed by atoms with Crippen molar-refractivity contribution in [3.05, 3.63) is 101 Å². The second-order valence-electron chi connectivity index (χ2n) is 5.76. The summed E-state index contributed by atoms with van der Waals surface area (Å²) >= 11 is 0.00271. The van der Waals surface area contributed by atoms with Crippen LogP contribution in [0, 0.1) is 22.7 Å². The standard InChI is InChI=1S/C22H16N2OSe/c23-14-16-6-10-18(11-7-16)21(25)22(26-20-4-2-1-3-5-20)19-12-8-17(15-24)9-13-19/h1-13,21-22,25H/t21-,22-/m0/s1. The van der Waals surface area contributed by atoms with E-state index in [4.69, 9.17) is 10.5 Å². The molecule has 0 bridgehead atoms. The van der Waals surface area contributed by atoms with Crippen molar-refractivity contribution < 1.29 is 5.11 Å². The number of nitrogens with zero attached hydrogens (tertiary/aromatic N) is 2. The molecule has 0 heterocycles. The van der Waals surface area contributed by atoms with Gasteiger partial charge in [0.05, 0.1) is 0 Å². The van der Waals surface area contributed by atoms with Gasteiger partial charge in [0.1, 0.15) is 0 Å². The van der Waals surface area contributed by atoms with Gasteiger partial charge in [0.25, 0.3) is 0 Å². The topological polar surface area (TPSA) is 67.8 Å². The molecule has 0 saturated carbocycles. The van der Waals surface area contributed by atoms with Crippen molar-refractivity contribution in [2.24, 2.45) is 0 Å². The third-order valence-corrected chi connectivity index (χ3v) is 6.83. The number of hydrogen-bond acceptors (Lipinski definition) is 3. The van der Waals surface area contributed by atoms with Gasteiger partial charge in [0, 0.05) is 0 Å². The van der Waals surface area contributed by atoms with Crippen LogP contribution in [0.5, 0.6) is 0 Å². The molecule has 3 aromatic rings. The fourth-order valence-electron chi connectivity index (χ4n) is 2.64. The molecule has 0 aliphatic carbocycles. The third-order valence-electron chi connectivity index (χ3n) is 4.04.